The van der Waals surface area contributed by atoms with Gasteiger partial charge in [0.05, 0.1) is 0 Å². The van der Waals surface area contributed by atoms with Crippen LogP contribution in [-0.4, -0.2) is 0 Å². The van der Waals surface area contributed by atoms with E-state index in [4.69, 9.17) is 0 Å². The lowest BCUT2D eigenvalue weighted by atomic mass is 10.1. The van der Waals surface area contributed by atoms with Crippen molar-refractivity contribution in [2.24, 2.45) is 0 Å². The second-order valence-electron chi connectivity index (χ2n) is 4.24. The molecule has 0 saturated heterocycles. The van der Waals surface area contributed by atoms with Crippen LogP contribution in [0.4, 0.5) is 8.78 Å². The maximum Gasteiger partial charge on any atom is 0.163 e. The molecule has 2 rings (SSSR count). The number of aryl methyl sites for hydroxylation is 1. The lowest BCUT2D eigenvalue weighted by molar-refractivity contribution is 0.492. The van der Waals surface area contributed by atoms with Crippen LogP contribution in [0.1, 0.15) is 16.7 Å². The predicted octanol–water partition coefficient (Wildman–Crippen LogP) is 3.56. The molecule has 0 radical (unpaired) electrons. The minimum Gasteiger partial charge on any atom is -0.308 e. The summed E-state index contributed by atoms with van der Waals surface area (Å²) < 4.78 is 26.4. The Morgan fingerprint density at radius 2 is 1.56 bits per heavy atom. The van der Waals surface area contributed by atoms with Crippen molar-refractivity contribution in [1.29, 1.82) is 0 Å². The van der Waals surface area contributed by atoms with Crippen molar-refractivity contribution in [3.63, 3.8) is 0 Å². The van der Waals surface area contributed by atoms with Crippen molar-refractivity contribution >= 4 is 0 Å². The fourth-order valence-corrected chi connectivity index (χ4v) is 1.83. The van der Waals surface area contributed by atoms with Gasteiger partial charge in [-0.25, -0.2) is 8.78 Å². The summed E-state index contributed by atoms with van der Waals surface area (Å²) in [5, 5.41) is 3.12. The molecule has 0 fully saturated rings. The second kappa shape index (κ2) is 5.74. The van der Waals surface area contributed by atoms with Gasteiger partial charge in [0.15, 0.2) is 11.6 Å². The first-order chi connectivity index (χ1) is 8.68. The Morgan fingerprint density at radius 1 is 0.889 bits per heavy atom. The Hall–Kier alpha value is -1.74. The fraction of sp³-hybridized carbons (Fsp3) is 0.200. The van der Waals surface area contributed by atoms with Crippen LogP contribution < -0.4 is 5.32 Å². The molecule has 0 unspecified atom stereocenters. The number of rotatable bonds is 4. The maximum absolute atomic E-state index is 13.4. The lowest BCUT2D eigenvalue weighted by Gasteiger charge is -2.08. The molecule has 0 spiro atoms. The average molecular weight is 247 g/mol. The van der Waals surface area contributed by atoms with Crippen LogP contribution in [0.5, 0.6) is 0 Å². The molecule has 2 aromatic rings. The van der Waals surface area contributed by atoms with Crippen molar-refractivity contribution < 1.29 is 8.78 Å². The Balaban J connectivity index is 1.97. The summed E-state index contributed by atoms with van der Waals surface area (Å²) in [6.45, 7) is 2.99. The van der Waals surface area contributed by atoms with E-state index < -0.39 is 11.6 Å². The molecule has 0 aliphatic rings. The van der Waals surface area contributed by atoms with E-state index in [1.165, 1.54) is 11.6 Å². The van der Waals surface area contributed by atoms with E-state index in [1.807, 2.05) is 31.2 Å². The van der Waals surface area contributed by atoms with Gasteiger partial charge in [-0.15, -0.1) is 0 Å². The highest BCUT2D eigenvalue weighted by Gasteiger charge is 2.06. The summed E-state index contributed by atoms with van der Waals surface area (Å²) >= 11 is 0. The van der Waals surface area contributed by atoms with Crippen molar-refractivity contribution in [2.45, 2.75) is 20.0 Å². The van der Waals surface area contributed by atoms with Gasteiger partial charge in [-0.05, 0) is 24.1 Å². The summed E-state index contributed by atoms with van der Waals surface area (Å²) in [7, 11) is 0. The number of benzene rings is 2. The van der Waals surface area contributed by atoms with E-state index in [0.717, 1.165) is 11.6 Å². The molecule has 0 aliphatic carbocycles. The third-order valence-electron chi connectivity index (χ3n) is 2.92. The van der Waals surface area contributed by atoms with E-state index in [0.29, 0.717) is 18.7 Å². The summed E-state index contributed by atoms with van der Waals surface area (Å²) in [5.74, 6) is -1.57. The molecule has 0 saturated carbocycles. The van der Waals surface area contributed by atoms with E-state index in [2.05, 4.69) is 5.32 Å². The Morgan fingerprint density at radius 3 is 2.33 bits per heavy atom. The molecular weight excluding hydrogens is 232 g/mol. The smallest absolute Gasteiger partial charge is 0.163 e. The van der Waals surface area contributed by atoms with E-state index in [9.17, 15) is 8.78 Å². The number of nitrogens with one attached hydrogen (secondary N) is 1. The van der Waals surface area contributed by atoms with Crippen molar-refractivity contribution in [2.75, 3.05) is 0 Å². The Kier molecular flexibility index (Phi) is 4.05. The van der Waals surface area contributed by atoms with Gasteiger partial charge < -0.3 is 5.32 Å². The molecule has 3 heteroatoms. The standard InChI is InChI=1S/C15H15F2N/c1-11-5-2-3-6-12(11)9-18-10-13-7-4-8-14(16)15(13)17/h2-8,18H,9-10H2,1H3. The highest BCUT2D eigenvalue weighted by atomic mass is 19.2. The first-order valence-corrected chi connectivity index (χ1v) is 5.86. The van der Waals surface area contributed by atoms with Crippen LogP contribution >= 0.6 is 0 Å². The first-order valence-electron chi connectivity index (χ1n) is 5.86. The van der Waals surface area contributed by atoms with Crippen LogP contribution in [0.2, 0.25) is 0 Å². The van der Waals surface area contributed by atoms with Crippen LogP contribution in [-0.2, 0) is 13.1 Å². The molecule has 0 amide bonds. The zero-order valence-corrected chi connectivity index (χ0v) is 10.2. The number of halogens is 2. The zero-order valence-electron chi connectivity index (χ0n) is 10.2. The highest BCUT2D eigenvalue weighted by molar-refractivity contribution is 5.25. The van der Waals surface area contributed by atoms with Crippen molar-refractivity contribution in [1.82, 2.24) is 5.32 Å². The minimum atomic E-state index is -0.801. The molecule has 0 heterocycles. The topological polar surface area (TPSA) is 12.0 Å². The molecule has 0 bridgehead atoms. The summed E-state index contributed by atoms with van der Waals surface area (Å²) in [5.41, 5.74) is 2.70. The number of hydrogen-bond acceptors (Lipinski definition) is 1. The Labute approximate surface area is 105 Å². The molecular formula is C15H15F2N. The van der Waals surface area contributed by atoms with Crippen LogP contribution in [0.15, 0.2) is 42.5 Å². The SMILES string of the molecule is Cc1ccccc1CNCc1cccc(F)c1F. The summed E-state index contributed by atoms with van der Waals surface area (Å²) in [4.78, 5) is 0. The molecule has 18 heavy (non-hydrogen) atoms. The van der Waals surface area contributed by atoms with Crippen molar-refractivity contribution in [3.8, 4) is 0 Å². The highest BCUT2D eigenvalue weighted by Crippen LogP contribution is 2.12. The minimum absolute atomic E-state index is 0.317. The van der Waals surface area contributed by atoms with Gasteiger partial charge in [-0.2, -0.15) is 0 Å². The maximum atomic E-state index is 13.4. The number of hydrogen-bond donors (Lipinski definition) is 1. The molecule has 0 atom stereocenters. The van der Waals surface area contributed by atoms with Crippen LogP contribution in [0, 0.1) is 18.6 Å². The van der Waals surface area contributed by atoms with Gasteiger partial charge in [0.25, 0.3) is 0 Å². The average Bonchev–Trinajstić information content (AvgIpc) is 2.37. The molecule has 1 N–H and O–H groups in total. The van der Waals surface area contributed by atoms with Gasteiger partial charge >= 0.3 is 0 Å². The van der Waals surface area contributed by atoms with Gasteiger partial charge in [-0.1, -0.05) is 36.4 Å². The monoisotopic (exact) mass is 247 g/mol. The molecule has 0 aliphatic heterocycles. The van der Waals surface area contributed by atoms with Gasteiger partial charge in [-0.3, -0.25) is 0 Å². The lowest BCUT2D eigenvalue weighted by Crippen LogP contribution is -2.14. The van der Waals surface area contributed by atoms with Gasteiger partial charge in [0.1, 0.15) is 0 Å². The van der Waals surface area contributed by atoms with E-state index in [1.54, 1.807) is 6.07 Å². The Bertz CT molecular complexity index is 538. The normalized spacial score (nSPS) is 10.6. The van der Waals surface area contributed by atoms with Gasteiger partial charge in [0.2, 0.25) is 0 Å². The fourth-order valence-electron chi connectivity index (χ4n) is 1.83. The first kappa shape index (κ1) is 12.7. The third-order valence-corrected chi connectivity index (χ3v) is 2.92. The summed E-state index contributed by atoms with van der Waals surface area (Å²) in [6, 6.07) is 12.2. The van der Waals surface area contributed by atoms with Gasteiger partial charge in [0, 0.05) is 18.7 Å². The molecule has 94 valence electrons. The van der Waals surface area contributed by atoms with E-state index >= 15 is 0 Å². The predicted molar refractivity (Wildman–Crippen MR) is 68.1 cm³/mol. The quantitative estimate of drug-likeness (QED) is 0.871. The molecule has 0 aromatic heterocycles. The third kappa shape index (κ3) is 2.93. The summed E-state index contributed by atoms with van der Waals surface area (Å²) in [6.07, 6.45) is 0. The van der Waals surface area contributed by atoms with Crippen LogP contribution in [0.25, 0.3) is 0 Å². The van der Waals surface area contributed by atoms with Crippen LogP contribution in [0.3, 0.4) is 0 Å². The van der Waals surface area contributed by atoms with E-state index in [-0.39, 0.29) is 0 Å². The molecule has 2 aromatic carbocycles. The molecule has 1 nitrogen and oxygen atoms in total. The largest absolute Gasteiger partial charge is 0.308 e. The second-order valence-corrected chi connectivity index (χ2v) is 4.24. The van der Waals surface area contributed by atoms with Crippen molar-refractivity contribution in [3.05, 3.63) is 70.8 Å². The zero-order chi connectivity index (χ0) is 13.0.